The summed E-state index contributed by atoms with van der Waals surface area (Å²) in [7, 11) is 0. The summed E-state index contributed by atoms with van der Waals surface area (Å²) in [5.41, 5.74) is 0.0988. The van der Waals surface area contributed by atoms with Crippen LogP contribution >= 0.6 is 0 Å². The van der Waals surface area contributed by atoms with Crippen molar-refractivity contribution in [2.45, 2.75) is 44.9 Å². The minimum atomic E-state index is -1.15. The maximum absolute atomic E-state index is 13.5. The van der Waals surface area contributed by atoms with E-state index in [1.165, 1.54) is 4.90 Å². The Labute approximate surface area is 159 Å². The van der Waals surface area contributed by atoms with Crippen LogP contribution in [0.2, 0.25) is 0 Å². The highest BCUT2D eigenvalue weighted by atomic mass is 19.1. The van der Waals surface area contributed by atoms with Crippen molar-refractivity contribution in [1.29, 1.82) is 5.26 Å². The number of carbonyl (C=O) groups is 2. The van der Waals surface area contributed by atoms with E-state index in [1.54, 1.807) is 17.0 Å². The molecule has 6 nitrogen and oxygen atoms in total. The Morgan fingerprint density at radius 1 is 1.37 bits per heavy atom. The second-order valence-corrected chi connectivity index (χ2v) is 7.45. The van der Waals surface area contributed by atoms with Gasteiger partial charge in [-0.05, 0) is 32.9 Å². The van der Waals surface area contributed by atoms with Crippen LogP contribution in [0.5, 0.6) is 0 Å². The number of likely N-dealkylation sites (N-methyl/N-ethyl adjacent to an activating group) is 1. The Balaban J connectivity index is 1.94. The summed E-state index contributed by atoms with van der Waals surface area (Å²) in [6.45, 7) is 6.64. The average molecular weight is 374 g/mol. The predicted octanol–water partition coefficient (Wildman–Crippen LogP) is 1.98. The first-order chi connectivity index (χ1) is 12.8. The maximum Gasteiger partial charge on any atom is 0.253 e. The Morgan fingerprint density at radius 3 is 2.63 bits per heavy atom. The van der Waals surface area contributed by atoms with Crippen LogP contribution in [0.25, 0.3) is 0 Å². The molecule has 27 heavy (non-hydrogen) atoms. The number of alkyl halides is 1. The van der Waals surface area contributed by atoms with Gasteiger partial charge in [0.05, 0.1) is 19.2 Å². The number of likely N-dealkylation sites (tertiary alicyclic amines) is 1. The van der Waals surface area contributed by atoms with Gasteiger partial charge >= 0.3 is 0 Å². The van der Waals surface area contributed by atoms with Gasteiger partial charge in [-0.1, -0.05) is 18.2 Å². The molecule has 1 fully saturated rings. The molecule has 1 N–H and O–H groups in total. The standard InChI is InChI=1S/C20H27FN4O2/c1-4-24(19(27)15-8-6-5-7-9-15)14-20(2,3)23-12-18(26)25-13-16(21)10-17(25)11-22/h5-9,16-17,23H,4,10,12-14H2,1-3H3/t16-,17-/m0/s1. The van der Waals surface area contributed by atoms with Gasteiger partial charge in [0.1, 0.15) is 12.2 Å². The van der Waals surface area contributed by atoms with Crippen LogP contribution in [0.4, 0.5) is 4.39 Å². The van der Waals surface area contributed by atoms with E-state index in [4.69, 9.17) is 5.26 Å². The third-order valence-corrected chi connectivity index (χ3v) is 4.71. The first kappa shape index (κ1) is 20.8. The van der Waals surface area contributed by atoms with Gasteiger partial charge in [0.15, 0.2) is 0 Å². The summed E-state index contributed by atoms with van der Waals surface area (Å²) < 4.78 is 13.5. The van der Waals surface area contributed by atoms with Crippen LogP contribution in [-0.2, 0) is 4.79 Å². The number of halogens is 1. The van der Waals surface area contributed by atoms with Crippen LogP contribution < -0.4 is 5.32 Å². The van der Waals surface area contributed by atoms with Crippen LogP contribution in [0.3, 0.4) is 0 Å². The van der Waals surface area contributed by atoms with Gasteiger partial charge in [-0.2, -0.15) is 5.26 Å². The number of amides is 2. The smallest absolute Gasteiger partial charge is 0.253 e. The molecule has 0 unspecified atom stereocenters. The summed E-state index contributed by atoms with van der Waals surface area (Å²) >= 11 is 0. The lowest BCUT2D eigenvalue weighted by Gasteiger charge is -2.33. The van der Waals surface area contributed by atoms with Crippen LogP contribution in [0, 0.1) is 11.3 Å². The molecule has 0 spiro atoms. The lowest BCUT2D eigenvalue weighted by molar-refractivity contribution is -0.130. The molecule has 2 atom stereocenters. The normalized spacial score (nSPS) is 19.6. The molecule has 1 heterocycles. The van der Waals surface area contributed by atoms with Crippen molar-refractivity contribution in [3.63, 3.8) is 0 Å². The van der Waals surface area contributed by atoms with Crippen molar-refractivity contribution in [1.82, 2.24) is 15.1 Å². The summed E-state index contributed by atoms with van der Waals surface area (Å²) in [4.78, 5) is 28.1. The van der Waals surface area contributed by atoms with Gasteiger partial charge in [-0.25, -0.2) is 4.39 Å². The number of rotatable bonds is 7. The number of hydrogen-bond donors (Lipinski definition) is 1. The monoisotopic (exact) mass is 374 g/mol. The topological polar surface area (TPSA) is 76.4 Å². The molecular weight excluding hydrogens is 347 g/mol. The second kappa shape index (κ2) is 8.96. The highest BCUT2D eigenvalue weighted by Gasteiger charge is 2.36. The lowest BCUT2D eigenvalue weighted by Crippen LogP contribution is -2.54. The summed E-state index contributed by atoms with van der Waals surface area (Å²) in [6.07, 6.45) is -1.08. The first-order valence-electron chi connectivity index (χ1n) is 9.20. The molecule has 2 rings (SSSR count). The molecule has 1 aliphatic heterocycles. The van der Waals surface area contributed by atoms with Crippen LogP contribution in [0.15, 0.2) is 30.3 Å². The van der Waals surface area contributed by atoms with E-state index >= 15 is 0 Å². The number of benzene rings is 1. The molecule has 0 radical (unpaired) electrons. The predicted molar refractivity (Wildman–Crippen MR) is 101 cm³/mol. The van der Waals surface area contributed by atoms with E-state index in [-0.39, 0.29) is 31.3 Å². The van der Waals surface area contributed by atoms with Crippen molar-refractivity contribution < 1.29 is 14.0 Å². The Hall–Kier alpha value is -2.46. The molecule has 1 aromatic rings. The fraction of sp³-hybridized carbons (Fsp3) is 0.550. The van der Waals surface area contributed by atoms with E-state index in [0.29, 0.717) is 18.7 Å². The molecule has 0 aromatic heterocycles. The zero-order chi connectivity index (χ0) is 20.0. The number of carbonyl (C=O) groups excluding carboxylic acids is 2. The molecule has 1 aliphatic rings. The first-order valence-corrected chi connectivity index (χ1v) is 9.20. The Bertz CT molecular complexity index is 702. The number of hydrogen-bond acceptors (Lipinski definition) is 4. The van der Waals surface area contributed by atoms with E-state index in [9.17, 15) is 14.0 Å². The number of nitrogens with zero attached hydrogens (tertiary/aromatic N) is 3. The van der Waals surface area contributed by atoms with E-state index in [1.807, 2.05) is 45.0 Å². The second-order valence-electron chi connectivity index (χ2n) is 7.45. The summed E-state index contributed by atoms with van der Waals surface area (Å²) in [5.74, 6) is -0.365. The molecule has 146 valence electrons. The molecule has 0 aliphatic carbocycles. The zero-order valence-electron chi connectivity index (χ0n) is 16.1. The van der Waals surface area contributed by atoms with Gasteiger partial charge in [-0.15, -0.1) is 0 Å². The Kier molecular flexibility index (Phi) is 6.92. The zero-order valence-corrected chi connectivity index (χ0v) is 16.1. The highest BCUT2D eigenvalue weighted by Crippen LogP contribution is 2.20. The number of nitrogens with one attached hydrogen (secondary N) is 1. The van der Waals surface area contributed by atoms with Gasteiger partial charge in [-0.3, -0.25) is 9.59 Å². The van der Waals surface area contributed by atoms with E-state index < -0.39 is 17.8 Å². The van der Waals surface area contributed by atoms with Crippen molar-refractivity contribution in [3.05, 3.63) is 35.9 Å². The molecule has 1 saturated heterocycles. The van der Waals surface area contributed by atoms with Gasteiger partial charge in [0.2, 0.25) is 5.91 Å². The van der Waals surface area contributed by atoms with Gasteiger partial charge < -0.3 is 15.1 Å². The SMILES string of the molecule is CCN(CC(C)(C)NCC(=O)N1C[C@@H](F)C[C@H]1C#N)C(=O)c1ccccc1. The maximum atomic E-state index is 13.5. The van der Waals surface area contributed by atoms with Crippen molar-refractivity contribution in [3.8, 4) is 6.07 Å². The fourth-order valence-electron chi connectivity index (χ4n) is 3.22. The van der Waals surface area contributed by atoms with Gasteiger partial charge in [0.25, 0.3) is 5.91 Å². The third kappa shape index (κ3) is 5.51. The van der Waals surface area contributed by atoms with E-state index in [2.05, 4.69) is 5.32 Å². The summed E-state index contributed by atoms with van der Waals surface area (Å²) in [6, 6.07) is 10.3. The summed E-state index contributed by atoms with van der Waals surface area (Å²) in [5, 5.41) is 12.2. The van der Waals surface area contributed by atoms with Crippen LogP contribution in [-0.4, -0.2) is 65.5 Å². The van der Waals surface area contributed by atoms with Crippen molar-refractivity contribution in [2.24, 2.45) is 0 Å². The molecule has 7 heteroatoms. The molecule has 2 amide bonds. The quantitative estimate of drug-likeness (QED) is 0.792. The highest BCUT2D eigenvalue weighted by molar-refractivity contribution is 5.94. The minimum absolute atomic E-state index is 0.00498. The number of nitriles is 1. The molecule has 0 bridgehead atoms. The Morgan fingerprint density at radius 2 is 2.04 bits per heavy atom. The van der Waals surface area contributed by atoms with E-state index in [0.717, 1.165) is 0 Å². The molecular formula is C20H27FN4O2. The lowest BCUT2D eigenvalue weighted by atomic mass is 10.0. The minimum Gasteiger partial charge on any atom is -0.337 e. The van der Waals surface area contributed by atoms with Crippen molar-refractivity contribution in [2.75, 3.05) is 26.2 Å². The van der Waals surface area contributed by atoms with Crippen LogP contribution in [0.1, 0.15) is 37.6 Å². The average Bonchev–Trinajstić information content (AvgIpc) is 3.05. The van der Waals surface area contributed by atoms with Crippen molar-refractivity contribution >= 4 is 11.8 Å². The molecule has 1 aromatic carbocycles. The molecule has 0 saturated carbocycles. The third-order valence-electron chi connectivity index (χ3n) is 4.71. The van der Waals surface area contributed by atoms with Gasteiger partial charge in [0, 0.05) is 30.6 Å². The largest absolute Gasteiger partial charge is 0.337 e. The fourth-order valence-corrected chi connectivity index (χ4v) is 3.22.